The van der Waals surface area contributed by atoms with Crippen LogP contribution in [0.2, 0.25) is 0 Å². The van der Waals surface area contributed by atoms with Crippen molar-refractivity contribution in [2.45, 2.75) is 6.42 Å². The first-order valence-electron chi connectivity index (χ1n) is 6.64. The first-order chi connectivity index (χ1) is 11.1. The molecule has 0 saturated carbocycles. The lowest BCUT2D eigenvalue weighted by Crippen LogP contribution is -1.95. The Balaban J connectivity index is 1.74. The molecule has 1 aromatic carbocycles. The quantitative estimate of drug-likeness (QED) is 0.426. The van der Waals surface area contributed by atoms with Crippen molar-refractivity contribution in [3.05, 3.63) is 69.4 Å². The number of aromatic amines is 1. The van der Waals surface area contributed by atoms with E-state index in [1.165, 1.54) is 23.5 Å². The van der Waals surface area contributed by atoms with Crippen molar-refractivity contribution in [2.24, 2.45) is 0 Å². The largest absolute Gasteiger partial charge is 0.504 e. The molecule has 0 saturated heterocycles. The molecule has 6 nitrogen and oxygen atoms in total. The van der Waals surface area contributed by atoms with Crippen LogP contribution in [0.4, 0.5) is 4.39 Å². The third-order valence-corrected chi connectivity index (χ3v) is 4.11. The van der Waals surface area contributed by atoms with Crippen molar-refractivity contribution in [1.29, 1.82) is 0 Å². The van der Waals surface area contributed by atoms with E-state index < -0.39 is 0 Å². The molecule has 0 aliphatic carbocycles. The highest BCUT2D eigenvalue weighted by Crippen LogP contribution is 2.22. The van der Waals surface area contributed by atoms with E-state index in [1.54, 1.807) is 12.1 Å². The maximum Gasteiger partial charge on any atom is 0.239 e. The molecule has 3 aromatic rings. The average Bonchev–Trinajstić information content (AvgIpc) is 3.18. The molecule has 2 heterocycles. The zero-order chi connectivity index (χ0) is 16.2. The molecule has 8 heteroatoms. The third-order valence-electron chi connectivity index (χ3n) is 3.01. The van der Waals surface area contributed by atoms with Gasteiger partial charge in [0.15, 0.2) is 11.5 Å². The predicted octanol–water partition coefficient (Wildman–Crippen LogP) is 2.77. The summed E-state index contributed by atoms with van der Waals surface area (Å²) in [5.41, 5.74) is 0.830. The van der Waals surface area contributed by atoms with E-state index in [-0.39, 0.29) is 23.2 Å². The van der Waals surface area contributed by atoms with Crippen molar-refractivity contribution < 1.29 is 14.3 Å². The Kier molecular flexibility index (Phi) is 4.24. The molecule has 0 bridgehead atoms. The molecule has 0 fully saturated rings. The van der Waals surface area contributed by atoms with Gasteiger partial charge < -0.3 is 5.11 Å². The van der Waals surface area contributed by atoms with Gasteiger partial charge in [-0.1, -0.05) is 12.1 Å². The fourth-order valence-corrected chi connectivity index (χ4v) is 2.94. The second-order valence-electron chi connectivity index (χ2n) is 4.70. The number of thiophene rings is 1. The van der Waals surface area contributed by atoms with Gasteiger partial charge in [-0.2, -0.15) is 5.21 Å². The minimum atomic E-state index is -0.359. The summed E-state index contributed by atoms with van der Waals surface area (Å²) in [4.78, 5) is 13.5. The SMILES string of the molecule is O=C(C=C(O)c1nn[nH]n1)c1ccc(Cc2cccc(F)c2)s1. The molecule has 2 N–H and O–H groups in total. The summed E-state index contributed by atoms with van der Waals surface area (Å²) in [5.74, 6) is -1.05. The van der Waals surface area contributed by atoms with E-state index in [9.17, 15) is 14.3 Å². The highest BCUT2D eigenvalue weighted by atomic mass is 32.1. The predicted molar refractivity (Wildman–Crippen MR) is 82.6 cm³/mol. The molecular formula is C15H11FN4O2S. The number of allylic oxidation sites excluding steroid dienone is 1. The number of nitrogens with zero attached hydrogens (tertiary/aromatic N) is 3. The van der Waals surface area contributed by atoms with Crippen molar-refractivity contribution in [3.63, 3.8) is 0 Å². The molecule has 2 aromatic heterocycles. The fraction of sp³-hybridized carbons (Fsp3) is 0.0667. The summed E-state index contributed by atoms with van der Waals surface area (Å²) >= 11 is 1.29. The monoisotopic (exact) mass is 330 g/mol. The van der Waals surface area contributed by atoms with Gasteiger partial charge in [0.25, 0.3) is 0 Å². The Morgan fingerprint density at radius 3 is 2.96 bits per heavy atom. The number of tetrazole rings is 1. The number of H-pyrrole nitrogens is 1. The van der Waals surface area contributed by atoms with E-state index >= 15 is 0 Å². The molecule has 116 valence electrons. The standard InChI is InChI=1S/C15H11FN4O2S/c16-10-3-1-2-9(6-10)7-11-4-5-14(23-11)12(21)8-13(22)15-17-19-20-18-15/h1-6,8,22H,7H2,(H,17,18,19,20). The van der Waals surface area contributed by atoms with Gasteiger partial charge in [-0.15, -0.1) is 21.5 Å². The van der Waals surface area contributed by atoms with Crippen molar-refractivity contribution in [3.8, 4) is 0 Å². The van der Waals surface area contributed by atoms with Crippen LogP contribution in [0.5, 0.6) is 0 Å². The third kappa shape index (κ3) is 3.67. The fourth-order valence-electron chi connectivity index (χ4n) is 1.98. The first kappa shape index (κ1) is 15.0. The number of nitrogens with one attached hydrogen (secondary N) is 1. The minimum absolute atomic E-state index is 0.0464. The van der Waals surface area contributed by atoms with Crippen LogP contribution in [-0.2, 0) is 6.42 Å². The summed E-state index contributed by atoms with van der Waals surface area (Å²) in [6.45, 7) is 0. The number of hydrogen-bond acceptors (Lipinski definition) is 6. The zero-order valence-electron chi connectivity index (χ0n) is 11.7. The van der Waals surface area contributed by atoms with E-state index in [1.807, 2.05) is 12.1 Å². The Hall–Kier alpha value is -2.87. The topological polar surface area (TPSA) is 91.8 Å². The smallest absolute Gasteiger partial charge is 0.239 e. The Labute approximate surface area is 134 Å². The van der Waals surface area contributed by atoms with Gasteiger partial charge in [-0.3, -0.25) is 4.79 Å². The number of carbonyl (C=O) groups is 1. The molecule has 0 amide bonds. The zero-order valence-corrected chi connectivity index (χ0v) is 12.5. The van der Waals surface area contributed by atoms with Gasteiger partial charge in [0.1, 0.15) is 5.82 Å². The van der Waals surface area contributed by atoms with Gasteiger partial charge in [0.05, 0.1) is 4.88 Å². The van der Waals surface area contributed by atoms with Crippen LogP contribution < -0.4 is 0 Å². The summed E-state index contributed by atoms with van der Waals surface area (Å²) in [7, 11) is 0. The maximum absolute atomic E-state index is 13.2. The van der Waals surface area contributed by atoms with E-state index in [0.717, 1.165) is 16.5 Å². The van der Waals surface area contributed by atoms with Crippen LogP contribution in [0.25, 0.3) is 5.76 Å². The lowest BCUT2D eigenvalue weighted by Gasteiger charge is -1.98. The molecule has 0 aliphatic rings. The number of aromatic nitrogens is 4. The Morgan fingerprint density at radius 2 is 2.22 bits per heavy atom. The van der Waals surface area contributed by atoms with E-state index in [0.29, 0.717) is 11.3 Å². The first-order valence-corrected chi connectivity index (χ1v) is 7.45. The van der Waals surface area contributed by atoms with Crippen molar-refractivity contribution in [1.82, 2.24) is 20.6 Å². The van der Waals surface area contributed by atoms with Crippen LogP contribution in [0, 0.1) is 5.82 Å². The van der Waals surface area contributed by atoms with Crippen LogP contribution in [0.3, 0.4) is 0 Å². The summed E-state index contributed by atoms with van der Waals surface area (Å²) in [6.07, 6.45) is 1.58. The Morgan fingerprint density at radius 1 is 1.35 bits per heavy atom. The Bertz CT molecular complexity index is 858. The molecule has 3 rings (SSSR count). The lowest BCUT2D eigenvalue weighted by atomic mass is 10.1. The van der Waals surface area contributed by atoms with Crippen molar-refractivity contribution >= 4 is 22.9 Å². The van der Waals surface area contributed by atoms with E-state index in [2.05, 4.69) is 20.6 Å². The summed E-state index contributed by atoms with van der Waals surface area (Å²) in [5, 5.41) is 22.4. The summed E-state index contributed by atoms with van der Waals surface area (Å²) in [6, 6.07) is 9.80. The lowest BCUT2D eigenvalue weighted by molar-refractivity contribution is 0.104. The number of benzene rings is 1. The highest BCUT2D eigenvalue weighted by Gasteiger charge is 2.12. The van der Waals surface area contributed by atoms with Crippen LogP contribution >= 0.6 is 11.3 Å². The number of halogens is 1. The van der Waals surface area contributed by atoms with Gasteiger partial charge >= 0.3 is 0 Å². The van der Waals surface area contributed by atoms with Gasteiger partial charge in [0, 0.05) is 17.4 Å². The number of hydrogen-bond donors (Lipinski definition) is 2. The average molecular weight is 330 g/mol. The van der Waals surface area contributed by atoms with Crippen LogP contribution in [-0.4, -0.2) is 31.5 Å². The van der Waals surface area contributed by atoms with E-state index in [4.69, 9.17) is 0 Å². The molecule has 0 atom stereocenters. The molecule has 0 unspecified atom stereocenters. The summed E-state index contributed by atoms with van der Waals surface area (Å²) < 4.78 is 13.2. The molecule has 0 aliphatic heterocycles. The van der Waals surface area contributed by atoms with Crippen LogP contribution in [0.1, 0.15) is 25.9 Å². The normalized spacial score (nSPS) is 11.6. The molecular weight excluding hydrogens is 319 g/mol. The second-order valence-corrected chi connectivity index (χ2v) is 5.87. The van der Waals surface area contributed by atoms with Gasteiger partial charge in [-0.25, -0.2) is 4.39 Å². The molecule has 0 spiro atoms. The molecule has 23 heavy (non-hydrogen) atoms. The van der Waals surface area contributed by atoms with Gasteiger partial charge in [0.2, 0.25) is 5.82 Å². The van der Waals surface area contributed by atoms with Crippen molar-refractivity contribution in [2.75, 3.05) is 0 Å². The van der Waals surface area contributed by atoms with Crippen LogP contribution in [0.15, 0.2) is 42.5 Å². The molecule has 0 radical (unpaired) electrons. The second kappa shape index (κ2) is 6.49. The number of carbonyl (C=O) groups excluding carboxylic acids is 1. The highest BCUT2D eigenvalue weighted by molar-refractivity contribution is 7.14. The number of ketones is 1. The number of aliphatic hydroxyl groups excluding tert-OH is 1. The van der Waals surface area contributed by atoms with Gasteiger partial charge in [-0.05, 0) is 35.0 Å². The maximum atomic E-state index is 13.2. The number of rotatable bonds is 5. The minimum Gasteiger partial charge on any atom is -0.504 e. The number of aliphatic hydroxyl groups is 1.